The lowest BCUT2D eigenvalue weighted by molar-refractivity contribution is -0.157. The van der Waals surface area contributed by atoms with Gasteiger partial charge in [0.2, 0.25) is 0 Å². The van der Waals surface area contributed by atoms with Crippen molar-refractivity contribution >= 4 is 11.9 Å². The molecule has 1 atom stereocenters. The highest BCUT2D eigenvalue weighted by atomic mass is 16.5. The maximum Gasteiger partial charge on any atom is 0.313 e. The Bertz CT molecular complexity index is 957. The largest absolute Gasteiger partial charge is 0.493 e. The molecule has 0 N–H and O–H groups in total. The number of rotatable bonds is 5. The molecule has 0 spiro atoms. The zero-order chi connectivity index (χ0) is 21.1. The molecule has 7 heteroatoms. The Morgan fingerprint density at radius 2 is 1.80 bits per heavy atom. The molecule has 0 aromatic heterocycles. The van der Waals surface area contributed by atoms with Crippen LogP contribution in [0, 0.1) is 5.92 Å². The first kappa shape index (κ1) is 20.1. The number of nitrogens with zero attached hydrogens (tertiary/aromatic N) is 1. The molecular formula is C23H25NO6. The van der Waals surface area contributed by atoms with Crippen LogP contribution in [0.4, 0.5) is 0 Å². The number of esters is 1. The van der Waals surface area contributed by atoms with Crippen molar-refractivity contribution in [2.75, 3.05) is 34.0 Å². The number of hydrogen-bond acceptors (Lipinski definition) is 6. The molecule has 0 bridgehead atoms. The standard InChI is InChI=1S/C23H25NO6/c1-27-20-10-15-7-8-24(12-17(15)11-21(20)28-2)22(25)14-30-23(26)18-9-16-5-3-4-6-19(16)29-13-18/h3-6,10-11,18H,7-9,12-14H2,1-2H3. The van der Waals surface area contributed by atoms with E-state index in [0.29, 0.717) is 37.4 Å². The minimum atomic E-state index is -0.401. The van der Waals surface area contributed by atoms with Crippen LogP contribution < -0.4 is 14.2 Å². The molecule has 30 heavy (non-hydrogen) atoms. The minimum absolute atomic E-state index is 0.207. The van der Waals surface area contributed by atoms with Gasteiger partial charge in [-0.1, -0.05) is 18.2 Å². The van der Waals surface area contributed by atoms with E-state index in [2.05, 4.69) is 0 Å². The third-order valence-electron chi connectivity index (χ3n) is 5.62. The molecule has 2 heterocycles. The van der Waals surface area contributed by atoms with Crippen molar-refractivity contribution in [1.29, 1.82) is 0 Å². The van der Waals surface area contributed by atoms with Gasteiger partial charge in [-0.05, 0) is 47.7 Å². The van der Waals surface area contributed by atoms with E-state index in [-0.39, 0.29) is 19.1 Å². The van der Waals surface area contributed by atoms with Crippen molar-refractivity contribution in [2.45, 2.75) is 19.4 Å². The van der Waals surface area contributed by atoms with Gasteiger partial charge < -0.3 is 23.8 Å². The molecule has 2 aliphatic rings. The number of fused-ring (bicyclic) bond motifs is 2. The number of carbonyl (C=O) groups excluding carboxylic acids is 2. The molecular weight excluding hydrogens is 386 g/mol. The molecule has 7 nitrogen and oxygen atoms in total. The van der Waals surface area contributed by atoms with E-state index in [4.69, 9.17) is 18.9 Å². The highest BCUT2D eigenvalue weighted by Crippen LogP contribution is 2.33. The van der Waals surface area contributed by atoms with Crippen LogP contribution >= 0.6 is 0 Å². The van der Waals surface area contributed by atoms with E-state index < -0.39 is 11.9 Å². The van der Waals surface area contributed by atoms with Crippen molar-refractivity contribution in [2.24, 2.45) is 5.92 Å². The second kappa shape index (κ2) is 8.65. The lowest BCUT2D eigenvalue weighted by Gasteiger charge is -2.30. The second-order valence-corrected chi connectivity index (χ2v) is 7.47. The summed E-state index contributed by atoms with van der Waals surface area (Å²) in [5.41, 5.74) is 3.12. The number of methoxy groups -OCH3 is 2. The number of hydrogen-bond donors (Lipinski definition) is 0. The highest BCUT2D eigenvalue weighted by Gasteiger charge is 2.29. The molecule has 1 unspecified atom stereocenters. The quantitative estimate of drug-likeness (QED) is 0.704. The summed E-state index contributed by atoms with van der Waals surface area (Å²) in [4.78, 5) is 26.8. The SMILES string of the molecule is COc1cc2c(cc1OC)CN(C(=O)COC(=O)C1COc3ccccc3C1)CC2. The van der Waals surface area contributed by atoms with Gasteiger partial charge in [0.1, 0.15) is 12.4 Å². The van der Waals surface area contributed by atoms with Gasteiger partial charge in [0.05, 0.1) is 20.1 Å². The normalized spacial score (nSPS) is 17.3. The van der Waals surface area contributed by atoms with Crippen LogP contribution in [0.25, 0.3) is 0 Å². The number of benzene rings is 2. The smallest absolute Gasteiger partial charge is 0.313 e. The monoisotopic (exact) mass is 411 g/mol. The molecule has 158 valence electrons. The van der Waals surface area contributed by atoms with Crippen molar-refractivity contribution in [3.8, 4) is 17.2 Å². The van der Waals surface area contributed by atoms with Gasteiger partial charge in [-0.25, -0.2) is 0 Å². The van der Waals surface area contributed by atoms with Crippen LogP contribution in [-0.2, 0) is 33.7 Å². The van der Waals surface area contributed by atoms with Gasteiger partial charge in [-0.2, -0.15) is 0 Å². The summed E-state index contributed by atoms with van der Waals surface area (Å²) in [6.07, 6.45) is 1.27. The van der Waals surface area contributed by atoms with Crippen LogP contribution in [0.1, 0.15) is 16.7 Å². The van der Waals surface area contributed by atoms with E-state index >= 15 is 0 Å². The van der Waals surface area contributed by atoms with E-state index in [9.17, 15) is 9.59 Å². The molecule has 1 amide bonds. The molecule has 0 saturated heterocycles. The fourth-order valence-electron chi connectivity index (χ4n) is 3.92. The lowest BCUT2D eigenvalue weighted by atomic mass is 9.97. The molecule has 2 aliphatic heterocycles. The molecule has 0 aliphatic carbocycles. The Morgan fingerprint density at radius 3 is 2.57 bits per heavy atom. The van der Waals surface area contributed by atoms with Gasteiger partial charge in [0.25, 0.3) is 5.91 Å². The topological polar surface area (TPSA) is 74.3 Å². The number of para-hydroxylation sites is 1. The molecule has 0 radical (unpaired) electrons. The zero-order valence-electron chi connectivity index (χ0n) is 17.2. The van der Waals surface area contributed by atoms with Crippen molar-refractivity contribution in [1.82, 2.24) is 4.90 Å². The second-order valence-electron chi connectivity index (χ2n) is 7.47. The Balaban J connectivity index is 1.33. The Labute approximate surface area is 175 Å². The van der Waals surface area contributed by atoms with Crippen LogP contribution in [0.3, 0.4) is 0 Å². The highest BCUT2D eigenvalue weighted by molar-refractivity contribution is 5.82. The number of carbonyl (C=O) groups is 2. The third kappa shape index (κ3) is 4.06. The van der Waals surface area contributed by atoms with Crippen LogP contribution in [0.5, 0.6) is 17.2 Å². The summed E-state index contributed by atoms with van der Waals surface area (Å²) < 4.78 is 21.7. The fourth-order valence-corrected chi connectivity index (χ4v) is 3.92. The first-order valence-corrected chi connectivity index (χ1v) is 9.98. The van der Waals surface area contributed by atoms with E-state index in [1.54, 1.807) is 19.1 Å². The Morgan fingerprint density at radius 1 is 1.07 bits per heavy atom. The maximum absolute atomic E-state index is 12.6. The predicted molar refractivity (Wildman–Crippen MR) is 109 cm³/mol. The summed E-state index contributed by atoms with van der Waals surface area (Å²) in [5, 5.41) is 0. The van der Waals surface area contributed by atoms with Crippen molar-refractivity contribution < 1.29 is 28.5 Å². The fraction of sp³-hybridized carbons (Fsp3) is 0.391. The maximum atomic E-state index is 12.6. The van der Waals surface area contributed by atoms with Crippen LogP contribution in [-0.4, -0.2) is 50.8 Å². The molecule has 0 saturated carbocycles. The average molecular weight is 411 g/mol. The first-order valence-electron chi connectivity index (χ1n) is 9.98. The minimum Gasteiger partial charge on any atom is -0.493 e. The molecule has 4 rings (SSSR count). The summed E-state index contributed by atoms with van der Waals surface area (Å²) in [6, 6.07) is 11.5. The van der Waals surface area contributed by atoms with Gasteiger partial charge in [-0.15, -0.1) is 0 Å². The summed E-state index contributed by atoms with van der Waals surface area (Å²) in [5.74, 6) is 1.11. The average Bonchev–Trinajstić information content (AvgIpc) is 2.80. The first-order chi connectivity index (χ1) is 14.6. The summed E-state index contributed by atoms with van der Waals surface area (Å²) in [6.45, 7) is 1.02. The van der Waals surface area contributed by atoms with E-state index in [1.807, 2.05) is 36.4 Å². The summed E-state index contributed by atoms with van der Waals surface area (Å²) in [7, 11) is 3.19. The van der Waals surface area contributed by atoms with Gasteiger partial charge in [0, 0.05) is 13.1 Å². The lowest BCUT2D eigenvalue weighted by Crippen LogP contribution is -2.39. The predicted octanol–water partition coefficient (Wildman–Crippen LogP) is 2.38. The van der Waals surface area contributed by atoms with Crippen LogP contribution in [0.2, 0.25) is 0 Å². The van der Waals surface area contributed by atoms with E-state index in [0.717, 1.165) is 22.4 Å². The molecule has 0 fully saturated rings. The number of amides is 1. The van der Waals surface area contributed by atoms with Crippen molar-refractivity contribution in [3.63, 3.8) is 0 Å². The van der Waals surface area contributed by atoms with Crippen LogP contribution in [0.15, 0.2) is 36.4 Å². The Hall–Kier alpha value is -3.22. The zero-order valence-corrected chi connectivity index (χ0v) is 17.2. The number of ether oxygens (including phenoxy) is 4. The van der Waals surface area contributed by atoms with Gasteiger partial charge >= 0.3 is 5.97 Å². The van der Waals surface area contributed by atoms with Gasteiger partial charge in [0.15, 0.2) is 18.1 Å². The van der Waals surface area contributed by atoms with Crippen molar-refractivity contribution in [3.05, 3.63) is 53.1 Å². The molecule has 2 aromatic rings. The van der Waals surface area contributed by atoms with E-state index in [1.165, 1.54) is 0 Å². The molecule has 2 aromatic carbocycles. The van der Waals surface area contributed by atoms with Gasteiger partial charge in [-0.3, -0.25) is 9.59 Å². The third-order valence-corrected chi connectivity index (χ3v) is 5.62. The summed E-state index contributed by atoms with van der Waals surface area (Å²) >= 11 is 0. The Kier molecular flexibility index (Phi) is 5.79.